The largest absolute Gasteiger partial charge is 0.351 e. The molecule has 3 aromatic rings. The first-order chi connectivity index (χ1) is 15.1. The van der Waals surface area contributed by atoms with Crippen molar-refractivity contribution in [3.63, 3.8) is 0 Å². The number of benzene rings is 1. The Hall–Kier alpha value is -2.82. The third kappa shape index (κ3) is 4.01. The molecule has 168 valence electrons. The summed E-state index contributed by atoms with van der Waals surface area (Å²) in [5, 5.41) is 7.24. The fraction of sp³-hybridized carbons (Fsp3) is 0.286. The van der Waals surface area contributed by atoms with E-state index >= 15 is 0 Å². The van der Waals surface area contributed by atoms with Gasteiger partial charge in [-0.3, -0.25) is 14.5 Å². The molecule has 0 atom stereocenters. The molecule has 0 aliphatic carbocycles. The number of hydrogen-bond acceptors (Lipinski definition) is 5. The minimum atomic E-state index is -3.80. The average Bonchev–Trinajstić information content (AvgIpc) is 3.15. The summed E-state index contributed by atoms with van der Waals surface area (Å²) in [6.45, 7) is 1.72. The van der Waals surface area contributed by atoms with Crippen LogP contribution in [0.15, 0.2) is 53.8 Å². The molecule has 0 unspecified atom stereocenters. The molecular weight excluding hydrogens is 457 g/mol. The van der Waals surface area contributed by atoms with E-state index in [9.17, 15) is 17.6 Å². The number of nitrogens with one attached hydrogen (secondary N) is 1. The number of aromatic nitrogens is 3. The lowest BCUT2D eigenvalue weighted by atomic mass is 9.77. The van der Waals surface area contributed by atoms with Crippen LogP contribution in [0, 0.1) is 12.7 Å². The second-order valence-corrected chi connectivity index (χ2v) is 10.3. The van der Waals surface area contributed by atoms with Crippen LogP contribution in [0.3, 0.4) is 0 Å². The van der Waals surface area contributed by atoms with Gasteiger partial charge in [-0.15, -0.1) is 0 Å². The van der Waals surface area contributed by atoms with Gasteiger partial charge in [-0.2, -0.15) is 9.40 Å². The van der Waals surface area contributed by atoms with E-state index < -0.39 is 21.3 Å². The summed E-state index contributed by atoms with van der Waals surface area (Å²) in [6.07, 6.45) is 4.12. The highest BCUT2D eigenvalue weighted by atomic mass is 35.5. The second-order valence-electron chi connectivity index (χ2n) is 7.88. The number of amides is 1. The maximum absolute atomic E-state index is 14.6. The molecule has 1 amide bonds. The summed E-state index contributed by atoms with van der Waals surface area (Å²) in [7, 11) is -2.18. The normalized spacial score (nSPS) is 15.9. The van der Waals surface area contributed by atoms with Gasteiger partial charge < -0.3 is 5.32 Å². The Bertz CT molecular complexity index is 1290. The Morgan fingerprint density at radius 2 is 2.06 bits per heavy atom. The summed E-state index contributed by atoms with van der Waals surface area (Å²) < 4.78 is 43.1. The number of hydrogen-bond donors (Lipinski definition) is 1. The van der Waals surface area contributed by atoms with Crippen molar-refractivity contribution in [1.82, 2.24) is 24.4 Å². The third-order valence-electron chi connectivity index (χ3n) is 5.56. The monoisotopic (exact) mass is 477 g/mol. The topological polar surface area (TPSA) is 97.2 Å². The summed E-state index contributed by atoms with van der Waals surface area (Å²) >= 11 is 5.96. The number of pyridine rings is 1. The van der Waals surface area contributed by atoms with E-state index in [1.54, 1.807) is 32.2 Å². The maximum atomic E-state index is 14.6. The molecule has 3 heterocycles. The van der Waals surface area contributed by atoms with Crippen molar-refractivity contribution < 1.29 is 17.6 Å². The fourth-order valence-corrected chi connectivity index (χ4v) is 5.65. The SMILES string of the molecule is Cc1cc(Cl)ccc1C(=O)NCC1(c2ncccc2F)CN(S(=O)(=O)c2cnn(C)c2)C1. The molecule has 1 N–H and O–H groups in total. The maximum Gasteiger partial charge on any atom is 0.251 e. The number of halogens is 2. The van der Waals surface area contributed by atoms with Crippen LogP contribution in [0.25, 0.3) is 0 Å². The predicted octanol–water partition coefficient (Wildman–Crippen LogP) is 2.29. The zero-order valence-corrected chi connectivity index (χ0v) is 19.0. The van der Waals surface area contributed by atoms with Crippen LogP contribution in [0.1, 0.15) is 21.6 Å². The molecule has 0 spiro atoms. The van der Waals surface area contributed by atoms with Gasteiger partial charge in [0.15, 0.2) is 0 Å². The summed E-state index contributed by atoms with van der Waals surface area (Å²) in [6, 6.07) is 7.64. The van der Waals surface area contributed by atoms with Gasteiger partial charge in [-0.1, -0.05) is 11.6 Å². The minimum absolute atomic E-state index is 0.0148. The van der Waals surface area contributed by atoms with Gasteiger partial charge in [0, 0.05) is 49.7 Å². The summed E-state index contributed by atoms with van der Waals surface area (Å²) in [4.78, 5) is 17.0. The van der Waals surface area contributed by atoms with Crippen LogP contribution in [0.2, 0.25) is 5.02 Å². The van der Waals surface area contributed by atoms with Gasteiger partial charge in [0.05, 0.1) is 17.3 Å². The molecule has 0 saturated carbocycles. The van der Waals surface area contributed by atoms with Crippen molar-refractivity contribution in [2.75, 3.05) is 19.6 Å². The summed E-state index contributed by atoms with van der Waals surface area (Å²) in [5.74, 6) is -0.911. The van der Waals surface area contributed by atoms with Crippen molar-refractivity contribution in [3.8, 4) is 0 Å². The zero-order valence-electron chi connectivity index (χ0n) is 17.4. The molecule has 0 bridgehead atoms. The van der Waals surface area contributed by atoms with Crippen LogP contribution >= 0.6 is 11.6 Å². The van der Waals surface area contributed by atoms with Gasteiger partial charge in [-0.05, 0) is 42.8 Å². The van der Waals surface area contributed by atoms with E-state index in [-0.39, 0.29) is 36.1 Å². The molecule has 1 aromatic carbocycles. The molecule has 11 heteroatoms. The van der Waals surface area contributed by atoms with Gasteiger partial charge >= 0.3 is 0 Å². The minimum Gasteiger partial charge on any atom is -0.351 e. The lowest BCUT2D eigenvalue weighted by Crippen LogP contribution is -2.65. The first-order valence-corrected chi connectivity index (χ1v) is 11.6. The van der Waals surface area contributed by atoms with Crippen LogP contribution in [0.4, 0.5) is 4.39 Å². The first-order valence-electron chi connectivity index (χ1n) is 9.76. The first kappa shape index (κ1) is 22.4. The van der Waals surface area contributed by atoms with E-state index in [1.807, 2.05) is 0 Å². The number of carbonyl (C=O) groups is 1. The predicted molar refractivity (Wildman–Crippen MR) is 116 cm³/mol. The highest BCUT2D eigenvalue weighted by Gasteiger charge is 2.52. The van der Waals surface area contributed by atoms with Gasteiger partial charge in [0.1, 0.15) is 10.7 Å². The Morgan fingerprint density at radius 3 is 2.69 bits per heavy atom. The molecule has 1 aliphatic heterocycles. The highest BCUT2D eigenvalue weighted by Crippen LogP contribution is 2.38. The lowest BCUT2D eigenvalue weighted by Gasteiger charge is -2.48. The van der Waals surface area contributed by atoms with Crippen LogP contribution in [-0.2, 0) is 22.5 Å². The second kappa shape index (κ2) is 8.27. The lowest BCUT2D eigenvalue weighted by molar-refractivity contribution is 0.0894. The Kier molecular flexibility index (Phi) is 5.78. The van der Waals surface area contributed by atoms with Gasteiger partial charge in [0.25, 0.3) is 5.91 Å². The molecule has 2 aromatic heterocycles. The molecule has 32 heavy (non-hydrogen) atoms. The quantitative estimate of drug-likeness (QED) is 0.587. The van der Waals surface area contributed by atoms with E-state index in [0.717, 1.165) is 0 Å². The van der Waals surface area contributed by atoms with Crippen molar-refractivity contribution in [2.45, 2.75) is 17.2 Å². The van der Waals surface area contributed by atoms with Crippen molar-refractivity contribution in [3.05, 3.63) is 76.6 Å². The smallest absolute Gasteiger partial charge is 0.251 e. The third-order valence-corrected chi connectivity index (χ3v) is 7.54. The zero-order chi connectivity index (χ0) is 23.1. The van der Waals surface area contributed by atoms with E-state index in [0.29, 0.717) is 16.1 Å². The molecule has 1 saturated heterocycles. The number of nitrogens with zero attached hydrogens (tertiary/aromatic N) is 4. The number of carbonyl (C=O) groups excluding carboxylic acids is 1. The molecule has 8 nitrogen and oxygen atoms in total. The fourth-order valence-electron chi connectivity index (χ4n) is 3.83. The molecule has 1 aliphatic rings. The number of rotatable bonds is 6. The highest BCUT2D eigenvalue weighted by molar-refractivity contribution is 7.89. The number of aryl methyl sites for hydroxylation is 2. The summed E-state index contributed by atoms with van der Waals surface area (Å²) in [5.41, 5.74) is 0.245. The Balaban J connectivity index is 1.59. The van der Waals surface area contributed by atoms with Crippen molar-refractivity contribution >= 4 is 27.5 Å². The average molecular weight is 478 g/mol. The number of sulfonamides is 1. The van der Waals surface area contributed by atoms with Crippen LogP contribution in [0.5, 0.6) is 0 Å². The van der Waals surface area contributed by atoms with Gasteiger partial charge in [0.2, 0.25) is 10.0 Å². The van der Waals surface area contributed by atoms with E-state index in [2.05, 4.69) is 15.4 Å². The van der Waals surface area contributed by atoms with Gasteiger partial charge in [-0.25, -0.2) is 12.8 Å². The standard InChI is InChI=1S/C21H21ClFN5O3S/c1-14-8-15(22)5-6-17(14)20(29)25-11-21(19-18(23)4-3-7-24-19)12-28(13-21)32(30,31)16-9-26-27(2)10-16/h3-10H,11-13H2,1-2H3,(H,25,29). The molecule has 4 rings (SSSR count). The van der Waals surface area contributed by atoms with Crippen molar-refractivity contribution in [1.29, 1.82) is 0 Å². The van der Waals surface area contributed by atoms with Crippen molar-refractivity contribution in [2.24, 2.45) is 7.05 Å². The molecule has 1 fully saturated rings. The van der Waals surface area contributed by atoms with E-state index in [4.69, 9.17) is 11.6 Å². The Morgan fingerprint density at radius 1 is 1.31 bits per heavy atom. The van der Waals surface area contributed by atoms with E-state index in [1.165, 1.54) is 39.7 Å². The van der Waals surface area contributed by atoms with Crippen LogP contribution < -0.4 is 5.32 Å². The van der Waals surface area contributed by atoms with Crippen LogP contribution in [-0.4, -0.2) is 53.0 Å². The molecular formula is C21H21ClFN5O3S. The Labute approximate surface area is 190 Å². The molecule has 0 radical (unpaired) electrons.